The lowest BCUT2D eigenvalue weighted by Gasteiger charge is -2.24. The summed E-state index contributed by atoms with van der Waals surface area (Å²) in [4.78, 5) is 0. The summed E-state index contributed by atoms with van der Waals surface area (Å²) in [7, 11) is 0. The van der Waals surface area contributed by atoms with Crippen molar-refractivity contribution in [2.45, 2.75) is 19.3 Å². The van der Waals surface area contributed by atoms with Crippen LogP contribution in [0.15, 0.2) is 218 Å². The van der Waals surface area contributed by atoms with Crippen molar-refractivity contribution in [3.05, 3.63) is 230 Å². The topological polar surface area (TPSA) is 0 Å². The molecule has 0 aliphatic heterocycles. The molecule has 0 unspecified atom stereocenters. The van der Waals surface area contributed by atoms with Gasteiger partial charge in [0, 0.05) is 5.41 Å². The zero-order valence-electron chi connectivity index (χ0n) is 35.3. The van der Waals surface area contributed by atoms with Crippen molar-refractivity contribution >= 4 is 64.6 Å². The van der Waals surface area contributed by atoms with Gasteiger partial charge in [-0.15, -0.1) is 0 Å². The van der Waals surface area contributed by atoms with Crippen LogP contribution in [0.1, 0.15) is 25.0 Å². The molecule has 0 atom stereocenters. The Bertz CT molecular complexity index is 3810. The zero-order valence-corrected chi connectivity index (χ0v) is 35.3. The van der Waals surface area contributed by atoms with Gasteiger partial charge >= 0.3 is 0 Å². The molecule has 0 amide bonds. The number of fused-ring (bicyclic) bond motifs is 10. The number of rotatable bonds is 4. The van der Waals surface area contributed by atoms with Gasteiger partial charge in [0.05, 0.1) is 0 Å². The third-order valence-electron chi connectivity index (χ3n) is 14.2. The highest BCUT2D eigenvalue weighted by molar-refractivity contribution is 6.27. The third-order valence-corrected chi connectivity index (χ3v) is 14.2. The van der Waals surface area contributed by atoms with E-state index in [0.29, 0.717) is 0 Å². The Balaban J connectivity index is 1.18. The van der Waals surface area contributed by atoms with Crippen molar-refractivity contribution in [2.75, 3.05) is 0 Å². The second-order valence-corrected chi connectivity index (χ2v) is 17.9. The molecule has 1 aliphatic rings. The Labute approximate surface area is 367 Å². The lowest BCUT2D eigenvalue weighted by molar-refractivity contribution is 0.660. The third kappa shape index (κ3) is 5.22. The van der Waals surface area contributed by atoms with Crippen molar-refractivity contribution in [3.8, 4) is 55.6 Å². The van der Waals surface area contributed by atoms with Crippen LogP contribution in [0.3, 0.4) is 0 Å². The SMILES string of the molecule is CC1(C)c2ccccc2-c2ccc(-c3c4ccccc4c(-c4cc5ccccc5c5ccccc45)c4ccc(-c5c6ccccc6c(-c6ccccc6)c6ccccc56)cc34)cc21. The van der Waals surface area contributed by atoms with Crippen LogP contribution < -0.4 is 0 Å². The zero-order chi connectivity index (χ0) is 41.8. The van der Waals surface area contributed by atoms with E-state index in [1.807, 2.05) is 0 Å². The summed E-state index contributed by atoms with van der Waals surface area (Å²) in [5, 5.41) is 15.2. The molecule has 12 aromatic rings. The van der Waals surface area contributed by atoms with E-state index in [9.17, 15) is 0 Å². The molecular formula is C63H42. The lowest BCUT2D eigenvalue weighted by atomic mass is 9.79. The van der Waals surface area contributed by atoms with E-state index in [2.05, 4.69) is 232 Å². The normalized spacial score (nSPS) is 13.0. The van der Waals surface area contributed by atoms with Crippen LogP contribution in [-0.4, -0.2) is 0 Å². The largest absolute Gasteiger partial charge is 0.0622 e. The van der Waals surface area contributed by atoms with Crippen molar-refractivity contribution in [1.82, 2.24) is 0 Å². The van der Waals surface area contributed by atoms with Crippen LogP contribution in [0.5, 0.6) is 0 Å². The van der Waals surface area contributed by atoms with Gasteiger partial charge in [0.15, 0.2) is 0 Å². The second kappa shape index (κ2) is 13.6. The predicted octanol–water partition coefficient (Wildman–Crippen LogP) is 17.6. The summed E-state index contributed by atoms with van der Waals surface area (Å²) in [6.07, 6.45) is 0. The van der Waals surface area contributed by atoms with E-state index < -0.39 is 0 Å². The van der Waals surface area contributed by atoms with Crippen molar-refractivity contribution in [1.29, 1.82) is 0 Å². The van der Waals surface area contributed by atoms with Gasteiger partial charge in [0.2, 0.25) is 0 Å². The molecule has 1 aliphatic carbocycles. The molecule has 0 heteroatoms. The Morgan fingerprint density at radius 2 is 0.683 bits per heavy atom. The highest BCUT2D eigenvalue weighted by Crippen LogP contribution is 2.53. The first-order valence-corrected chi connectivity index (χ1v) is 22.2. The Kier molecular flexibility index (Phi) is 7.75. The molecule has 0 spiro atoms. The van der Waals surface area contributed by atoms with Gasteiger partial charge in [-0.25, -0.2) is 0 Å². The Hall–Kier alpha value is -7.80. The number of benzene rings is 12. The first kappa shape index (κ1) is 35.9. The molecule has 294 valence electrons. The summed E-state index contributed by atoms with van der Waals surface area (Å²) in [6, 6.07) is 81.9. The Morgan fingerprint density at radius 1 is 0.238 bits per heavy atom. The minimum absolute atomic E-state index is 0.124. The van der Waals surface area contributed by atoms with E-state index >= 15 is 0 Å². The minimum atomic E-state index is -0.124. The molecule has 0 nitrogen and oxygen atoms in total. The predicted molar refractivity (Wildman–Crippen MR) is 271 cm³/mol. The first-order chi connectivity index (χ1) is 31.0. The number of hydrogen-bond acceptors (Lipinski definition) is 0. The van der Waals surface area contributed by atoms with Gasteiger partial charge in [-0.05, 0) is 150 Å². The maximum absolute atomic E-state index is 2.52. The van der Waals surface area contributed by atoms with E-state index in [4.69, 9.17) is 0 Å². The maximum Gasteiger partial charge on any atom is 0.0159 e. The maximum atomic E-state index is 2.52. The van der Waals surface area contributed by atoms with Gasteiger partial charge in [-0.1, -0.05) is 214 Å². The van der Waals surface area contributed by atoms with Crippen LogP contribution in [0.25, 0.3) is 120 Å². The molecular weight excluding hydrogens is 757 g/mol. The van der Waals surface area contributed by atoms with E-state index in [1.165, 1.54) is 131 Å². The van der Waals surface area contributed by atoms with Crippen molar-refractivity contribution in [3.63, 3.8) is 0 Å². The molecule has 0 heterocycles. The number of hydrogen-bond donors (Lipinski definition) is 0. The Morgan fingerprint density at radius 3 is 1.35 bits per heavy atom. The van der Waals surface area contributed by atoms with Crippen LogP contribution >= 0.6 is 0 Å². The molecule has 0 N–H and O–H groups in total. The van der Waals surface area contributed by atoms with Crippen molar-refractivity contribution < 1.29 is 0 Å². The molecule has 0 saturated heterocycles. The monoisotopic (exact) mass is 798 g/mol. The van der Waals surface area contributed by atoms with Crippen LogP contribution in [-0.2, 0) is 5.41 Å². The summed E-state index contributed by atoms with van der Waals surface area (Å²) in [5.41, 5.74) is 15.4. The van der Waals surface area contributed by atoms with E-state index in [0.717, 1.165) is 0 Å². The molecule has 0 radical (unpaired) electrons. The lowest BCUT2D eigenvalue weighted by Crippen LogP contribution is -2.14. The molecule has 0 aromatic heterocycles. The van der Waals surface area contributed by atoms with Crippen molar-refractivity contribution in [2.24, 2.45) is 0 Å². The van der Waals surface area contributed by atoms with Crippen LogP contribution in [0.2, 0.25) is 0 Å². The smallest absolute Gasteiger partial charge is 0.0159 e. The van der Waals surface area contributed by atoms with Crippen LogP contribution in [0.4, 0.5) is 0 Å². The summed E-state index contributed by atoms with van der Waals surface area (Å²) in [5.74, 6) is 0. The first-order valence-electron chi connectivity index (χ1n) is 22.2. The summed E-state index contributed by atoms with van der Waals surface area (Å²) < 4.78 is 0. The van der Waals surface area contributed by atoms with Gasteiger partial charge < -0.3 is 0 Å². The highest BCUT2D eigenvalue weighted by Gasteiger charge is 2.35. The molecule has 0 bridgehead atoms. The fraction of sp³-hybridized carbons (Fsp3) is 0.0476. The standard InChI is InChI=1S/C63H42/c1-63(2)57-31-17-16-24-46(57)47-34-32-42(38-58(47)63)61-52-29-14-15-30-53(52)62(55-36-40-20-6-7-21-43(40)44-22-8-9-23-45(44)55)54-35-33-41(37-56(54)61)60-50-27-12-10-25-48(50)59(39-18-4-3-5-19-39)49-26-11-13-28-51(49)60/h3-38H,1-2H3. The van der Waals surface area contributed by atoms with Gasteiger partial charge in [-0.3, -0.25) is 0 Å². The molecule has 63 heavy (non-hydrogen) atoms. The summed E-state index contributed by atoms with van der Waals surface area (Å²) in [6.45, 7) is 4.78. The molecule has 0 saturated carbocycles. The molecule has 12 aromatic carbocycles. The summed E-state index contributed by atoms with van der Waals surface area (Å²) >= 11 is 0. The fourth-order valence-corrected chi connectivity index (χ4v) is 11.4. The average Bonchev–Trinajstić information content (AvgIpc) is 3.57. The van der Waals surface area contributed by atoms with E-state index in [1.54, 1.807) is 0 Å². The average molecular weight is 799 g/mol. The van der Waals surface area contributed by atoms with Gasteiger partial charge in [-0.2, -0.15) is 0 Å². The quantitative estimate of drug-likeness (QED) is 0.123. The highest BCUT2D eigenvalue weighted by atomic mass is 14.4. The fourth-order valence-electron chi connectivity index (χ4n) is 11.4. The van der Waals surface area contributed by atoms with Gasteiger partial charge in [0.25, 0.3) is 0 Å². The second-order valence-electron chi connectivity index (χ2n) is 17.9. The molecule has 13 rings (SSSR count). The van der Waals surface area contributed by atoms with Crippen LogP contribution in [0, 0.1) is 0 Å². The van der Waals surface area contributed by atoms with E-state index in [-0.39, 0.29) is 5.41 Å². The van der Waals surface area contributed by atoms with Gasteiger partial charge in [0.1, 0.15) is 0 Å². The minimum Gasteiger partial charge on any atom is -0.0622 e. The molecule has 0 fully saturated rings.